The molecule has 3 heterocycles. The van der Waals surface area contributed by atoms with Crippen molar-refractivity contribution in [1.82, 2.24) is 10.3 Å². The number of aromatic nitrogens is 1. The number of rotatable bonds is 4. The van der Waals surface area contributed by atoms with Gasteiger partial charge in [0.25, 0.3) is 5.91 Å². The molecule has 21 heavy (non-hydrogen) atoms. The largest absolute Gasteiger partial charge is 0.365 e. The van der Waals surface area contributed by atoms with Crippen LogP contribution < -0.4 is 10.6 Å². The predicted molar refractivity (Wildman–Crippen MR) is 83.8 cm³/mol. The van der Waals surface area contributed by atoms with Crippen molar-refractivity contribution in [2.45, 2.75) is 57.2 Å². The number of anilines is 1. The number of carbonyl (C=O) groups is 1. The number of piperidine rings is 1. The molecular weight excluding hydrogens is 286 g/mol. The van der Waals surface area contributed by atoms with Crippen LogP contribution in [0.3, 0.4) is 0 Å². The van der Waals surface area contributed by atoms with Crippen LogP contribution in [-0.4, -0.2) is 36.2 Å². The molecule has 5 nitrogen and oxygen atoms in total. The molecular formula is C15H23N3O2S. The first-order chi connectivity index (χ1) is 10.3. The number of carbonyl (C=O) groups excluding carboxylic acids is 1. The van der Waals surface area contributed by atoms with Gasteiger partial charge in [0, 0.05) is 11.1 Å². The first-order valence-electron chi connectivity index (χ1n) is 7.89. The van der Waals surface area contributed by atoms with Gasteiger partial charge in [-0.2, -0.15) is 0 Å². The highest BCUT2D eigenvalue weighted by molar-refractivity contribution is 7.15. The van der Waals surface area contributed by atoms with Gasteiger partial charge in [0.15, 0.2) is 5.13 Å². The van der Waals surface area contributed by atoms with Gasteiger partial charge in [0.1, 0.15) is 6.10 Å². The number of ether oxygens (including phenoxy) is 1. The second-order valence-electron chi connectivity index (χ2n) is 5.81. The van der Waals surface area contributed by atoms with Crippen molar-refractivity contribution in [3.63, 3.8) is 0 Å². The Bertz CT molecular complexity index is 485. The Morgan fingerprint density at radius 2 is 2.24 bits per heavy atom. The molecule has 0 bridgehead atoms. The molecule has 6 heteroatoms. The van der Waals surface area contributed by atoms with Gasteiger partial charge in [-0.05, 0) is 51.1 Å². The smallest absolute Gasteiger partial charge is 0.255 e. The van der Waals surface area contributed by atoms with E-state index in [1.54, 1.807) is 11.3 Å². The lowest BCUT2D eigenvalue weighted by Gasteiger charge is -2.20. The Balaban J connectivity index is 1.55. The van der Waals surface area contributed by atoms with Crippen LogP contribution >= 0.6 is 11.3 Å². The molecule has 0 aliphatic carbocycles. The Kier molecular flexibility index (Phi) is 4.87. The Hall–Kier alpha value is -0.980. The number of thiazole rings is 1. The number of nitrogens with one attached hydrogen (secondary N) is 2. The minimum Gasteiger partial charge on any atom is -0.365 e. The van der Waals surface area contributed by atoms with Crippen LogP contribution in [0.25, 0.3) is 0 Å². The molecule has 2 N–H and O–H groups in total. The third-order valence-electron chi connectivity index (χ3n) is 4.35. The lowest BCUT2D eigenvalue weighted by Crippen LogP contribution is -2.27. The van der Waals surface area contributed by atoms with Crippen molar-refractivity contribution >= 4 is 22.4 Å². The summed E-state index contributed by atoms with van der Waals surface area (Å²) in [7, 11) is 0. The summed E-state index contributed by atoms with van der Waals surface area (Å²) in [6.07, 6.45) is 6.92. The van der Waals surface area contributed by atoms with Gasteiger partial charge < -0.3 is 10.1 Å². The summed E-state index contributed by atoms with van der Waals surface area (Å²) in [6.45, 7) is 4.23. The topological polar surface area (TPSA) is 63.2 Å². The summed E-state index contributed by atoms with van der Waals surface area (Å²) >= 11 is 1.61. The van der Waals surface area contributed by atoms with Crippen molar-refractivity contribution in [2.75, 3.05) is 18.4 Å². The van der Waals surface area contributed by atoms with Crippen LogP contribution in [0.2, 0.25) is 0 Å². The maximum absolute atomic E-state index is 12.2. The summed E-state index contributed by atoms with van der Waals surface area (Å²) in [5.41, 5.74) is 0. The first-order valence-corrected chi connectivity index (χ1v) is 8.70. The van der Waals surface area contributed by atoms with Gasteiger partial charge >= 0.3 is 0 Å². The van der Waals surface area contributed by atoms with Gasteiger partial charge in [-0.25, -0.2) is 4.98 Å². The second kappa shape index (κ2) is 6.85. The fourth-order valence-corrected chi connectivity index (χ4v) is 4.01. The Morgan fingerprint density at radius 1 is 1.43 bits per heavy atom. The maximum Gasteiger partial charge on any atom is 0.255 e. The minimum absolute atomic E-state index is 0.0443. The van der Waals surface area contributed by atoms with E-state index in [4.69, 9.17) is 4.74 Å². The van der Waals surface area contributed by atoms with Crippen LogP contribution in [0.4, 0.5) is 5.13 Å². The molecule has 0 radical (unpaired) electrons. The normalized spacial score (nSPS) is 26.9. The van der Waals surface area contributed by atoms with Crippen molar-refractivity contribution in [3.05, 3.63) is 11.1 Å². The first kappa shape index (κ1) is 14.9. The van der Waals surface area contributed by atoms with Crippen LogP contribution in [0.15, 0.2) is 6.20 Å². The van der Waals surface area contributed by atoms with Crippen molar-refractivity contribution in [2.24, 2.45) is 0 Å². The highest BCUT2D eigenvalue weighted by atomic mass is 32.1. The average molecular weight is 309 g/mol. The minimum atomic E-state index is -0.304. The molecule has 2 unspecified atom stereocenters. The zero-order chi connectivity index (χ0) is 14.7. The molecule has 3 rings (SSSR count). The van der Waals surface area contributed by atoms with Crippen LogP contribution in [-0.2, 0) is 9.53 Å². The third kappa shape index (κ3) is 3.62. The van der Waals surface area contributed by atoms with E-state index in [1.165, 1.54) is 4.88 Å². The number of hydrogen-bond acceptors (Lipinski definition) is 5. The highest BCUT2D eigenvalue weighted by Crippen LogP contribution is 2.32. The zero-order valence-electron chi connectivity index (χ0n) is 12.4. The number of nitrogens with zero attached hydrogens (tertiary/aromatic N) is 1. The Labute approximate surface area is 129 Å². The van der Waals surface area contributed by atoms with E-state index in [9.17, 15) is 4.79 Å². The summed E-state index contributed by atoms with van der Waals surface area (Å²) in [5.74, 6) is 0.541. The van der Waals surface area contributed by atoms with Gasteiger partial charge in [-0.3, -0.25) is 10.1 Å². The molecule has 0 aromatic carbocycles. The standard InChI is InChI=1S/C15H23N3O2S/c1-2-11-3-4-12(20-11)14(19)18-15-17-9-13(21-15)10-5-7-16-8-6-10/h9-12,16H,2-8H2,1H3,(H,17,18,19). The molecule has 1 amide bonds. The molecule has 0 spiro atoms. The molecule has 0 saturated carbocycles. The fourth-order valence-electron chi connectivity index (χ4n) is 3.02. The van der Waals surface area contributed by atoms with Crippen molar-refractivity contribution in [1.29, 1.82) is 0 Å². The van der Waals surface area contributed by atoms with E-state index in [0.29, 0.717) is 11.0 Å². The summed E-state index contributed by atoms with van der Waals surface area (Å²) in [4.78, 5) is 17.8. The zero-order valence-corrected chi connectivity index (χ0v) is 13.2. The maximum atomic E-state index is 12.2. The molecule has 2 atom stereocenters. The third-order valence-corrected chi connectivity index (χ3v) is 5.43. The second-order valence-corrected chi connectivity index (χ2v) is 6.88. The summed E-state index contributed by atoms with van der Waals surface area (Å²) in [6, 6.07) is 0. The molecule has 2 saturated heterocycles. The van der Waals surface area contributed by atoms with E-state index in [1.807, 2.05) is 6.20 Å². The fraction of sp³-hybridized carbons (Fsp3) is 0.733. The lowest BCUT2D eigenvalue weighted by atomic mass is 9.97. The van der Waals surface area contributed by atoms with Crippen molar-refractivity contribution in [3.8, 4) is 0 Å². The van der Waals surface area contributed by atoms with E-state index in [0.717, 1.165) is 45.2 Å². The monoisotopic (exact) mass is 309 g/mol. The van der Waals surface area contributed by atoms with Crippen molar-refractivity contribution < 1.29 is 9.53 Å². The van der Waals surface area contributed by atoms with E-state index in [-0.39, 0.29) is 18.1 Å². The van der Waals surface area contributed by atoms with Crippen LogP contribution in [0.1, 0.15) is 49.8 Å². The molecule has 1 aromatic rings. The molecule has 2 aliphatic heterocycles. The van der Waals surface area contributed by atoms with Gasteiger partial charge in [0.2, 0.25) is 0 Å². The quantitative estimate of drug-likeness (QED) is 0.897. The average Bonchev–Trinajstić information content (AvgIpc) is 3.17. The number of amides is 1. The summed E-state index contributed by atoms with van der Waals surface area (Å²) in [5, 5.41) is 6.99. The van der Waals surface area contributed by atoms with Crippen LogP contribution in [0.5, 0.6) is 0 Å². The van der Waals surface area contributed by atoms with Gasteiger partial charge in [-0.1, -0.05) is 6.92 Å². The summed E-state index contributed by atoms with van der Waals surface area (Å²) < 4.78 is 5.72. The van der Waals surface area contributed by atoms with E-state index in [2.05, 4.69) is 22.5 Å². The van der Waals surface area contributed by atoms with E-state index < -0.39 is 0 Å². The Morgan fingerprint density at radius 3 is 2.95 bits per heavy atom. The van der Waals surface area contributed by atoms with Crippen LogP contribution in [0, 0.1) is 0 Å². The molecule has 116 valence electrons. The predicted octanol–water partition coefficient (Wildman–Crippen LogP) is 2.51. The SMILES string of the molecule is CCC1CCC(C(=O)Nc2ncc(C3CCNCC3)s2)O1. The lowest BCUT2D eigenvalue weighted by molar-refractivity contribution is -0.126. The molecule has 1 aromatic heterocycles. The van der Waals surface area contributed by atoms with Gasteiger partial charge in [0.05, 0.1) is 6.10 Å². The highest BCUT2D eigenvalue weighted by Gasteiger charge is 2.30. The van der Waals surface area contributed by atoms with Gasteiger partial charge in [-0.15, -0.1) is 11.3 Å². The molecule has 2 fully saturated rings. The number of hydrogen-bond donors (Lipinski definition) is 2. The van der Waals surface area contributed by atoms with E-state index >= 15 is 0 Å². The molecule has 2 aliphatic rings.